The van der Waals surface area contributed by atoms with Crippen molar-refractivity contribution in [3.63, 3.8) is 0 Å². The van der Waals surface area contributed by atoms with Gasteiger partial charge in [0.2, 0.25) is 0 Å². The fourth-order valence-electron chi connectivity index (χ4n) is 1.50. The second-order valence-corrected chi connectivity index (χ2v) is 3.74. The summed E-state index contributed by atoms with van der Waals surface area (Å²) in [5.74, 6) is 0.0600. The van der Waals surface area contributed by atoms with Gasteiger partial charge in [0.25, 0.3) is 0 Å². The Morgan fingerprint density at radius 3 is 2.67 bits per heavy atom. The fourth-order valence-corrected chi connectivity index (χ4v) is 1.50. The summed E-state index contributed by atoms with van der Waals surface area (Å²) in [6, 6.07) is 13.2. The monoisotopic (exact) mass is 242 g/mol. The molecule has 0 aliphatic heterocycles. The summed E-state index contributed by atoms with van der Waals surface area (Å²) < 4.78 is 19.0. The molecule has 0 saturated carbocycles. The topological polar surface area (TPSA) is 59.0 Å². The average Bonchev–Trinajstić information content (AvgIpc) is 2.39. The molecule has 2 N–H and O–H groups in total. The van der Waals surface area contributed by atoms with Crippen molar-refractivity contribution in [2.24, 2.45) is 0 Å². The average molecular weight is 242 g/mol. The van der Waals surface area contributed by atoms with Gasteiger partial charge in [-0.25, -0.2) is 4.39 Å². The molecule has 0 bridgehead atoms. The predicted octanol–water partition coefficient (Wildman–Crippen LogP) is 2.86. The van der Waals surface area contributed by atoms with Crippen molar-refractivity contribution in [1.82, 2.24) is 0 Å². The van der Waals surface area contributed by atoms with Gasteiger partial charge >= 0.3 is 0 Å². The van der Waals surface area contributed by atoms with Crippen LogP contribution in [-0.4, -0.2) is 0 Å². The molecular weight excluding hydrogens is 231 g/mol. The Labute approximate surface area is 104 Å². The molecule has 0 fully saturated rings. The SMILES string of the molecule is N#Cc1ccc(COc2ccccc2N)c(F)c1. The molecule has 18 heavy (non-hydrogen) atoms. The molecule has 0 aliphatic carbocycles. The maximum absolute atomic E-state index is 13.6. The molecular formula is C14H11FN2O. The molecule has 0 spiro atoms. The summed E-state index contributed by atoms with van der Waals surface area (Å²) in [5.41, 5.74) is 6.89. The molecule has 0 atom stereocenters. The largest absolute Gasteiger partial charge is 0.487 e. The number of rotatable bonds is 3. The summed E-state index contributed by atoms with van der Waals surface area (Å²) in [5, 5.41) is 8.63. The Morgan fingerprint density at radius 2 is 2.00 bits per heavy atom. The van der Waals surface area contributed by atoms with Crippen molar-refractivity contribution in [2.45, 2.75) is 6.61 Å². The molecule has 0 aliphatic rings. The number of hydrogen-bond acceptors (Lipinski definition) is 3. The number of nitrogens with zero attached hydrogens (tertiary/aromatic N) is 1. The number of halogens is 1. The molecule has 90 valence electrons. The lowest BCUT2D eigenvalue weighted by atomic mass is 10.1. The first-order chi connectivity index (χ1) is 8.70. The lowest BCUT2D eigenvalue weighted by molar-refractivity contribution is 0.301. The van der Waals surface area contributed by atoms with E-state index in [1.54, 1.807) is 30.3 Å². The molecule has 0 radical (unpaired) electrons. The zero-order valence-electron chi connectivity index (χ0n) is 9.56. The van der Waals surface area contributed by atoms with E-state index in [4.69, 9.17) is 15.7 Å². The van der Waals surface area contributed by atoms with Crippen LogP contribution in [0.2, 0.25) is 0 Å². The third-order valence-corrected chi connectivity index (χ3v) is 2.48. The third-order valence-electron chi connectivity index (χ3n) is 2.48. The highest BCUT2D eigenvalue weighted by molar-refractivity contribution is 5.51. The number of benzene rings is 2. The van der Waals surface area contributed by atoms with Crippen molar-refractivity contribution in [3.8, 4) is 11.8 Å². The van der Waals surface area contributed by atoms with Crippen molar-refractivity contribution < 1.29 is 9.13 Å². The van der Waals surface area contributed by atoms with E-state index in [0.717, 1.165) is 0 Å². The molecule has 2 rings (SSSR count). The number of nitrogens with two attached hydrogens (primary N) is 1. The van der Waals surface area contributed by atoms with E-state index in [-0.39, 0.29) is 12.2 Å². The van der Waals surface area contributed by atoms with Gasteiger partial charge in [-0.05, 0) is 24.3 Å². The van der Waals surface area contributed by atoms with Gasteiger partial charge in [0.1, 0.15) is 18.2 Å². The molecule has 0 aromatic heterocycles. The predicted molar refractivity (Wildman–Crippen MR) is 66.3 cm³/mol. The lowest BCUT2D eigenvalue weighted by Gasteiger charge is -2.09. The summed E-state index contributed by atoms with van der Waals surface area (Å²) in [6.45, 7) is 0.0752. The van der Waals surface area contributed by atoms with Crippen LogP contribution < -0.4 is 10.5 Å². The first-order valence-corrected chi connectivity index (χ1v) is 5.36. The Bertz CT molecular complexity index is 605. The minimum absolute atomic E-state index is 0.0752. The van der Waals surface area contributed by atoms with Crippen LogP contribution in [0, 0.1) is 17.1 Å². The number of anilines is 1. The highest BCUT2D eigenvalue weighted by Gasteiger charge is 2.05. The van der Waals surface area contributed by atoms with Crippen LogP contribution >= 0.6 is 0 Å². The molecule has 0 unspecified atom stereocenters. The minimum atomic E-state index is -0.455. The highest BCUT2D eigenvalue weighted by Crippen LogP contribution is 2.21. The maximum atomic E-state index is 13.6. The van der Waals surface area contributed by atoms with Gasteiger partial charge in [-0.2, -0.15) is 5.26 Å². The van der Waals surface area contributed by atoms with E-state index in [1.165, 1.54) is 12.1 Å². The van der Waals surface area contributed by atoms with Crippen LogP contribution in [0.25, 0.3) is 0 Å². The Morgan fingerprint density at radius 1 is 1.22 bits per heavy atom. The van der Waals surface area contributed by atoms with Gasteiger partial charge in [0, 0.05) is 5.56 Å². The van der Waals surface area contributed by atoms with E-state index in [1.807, 2.05) is 6.07 Å². The summed E-state index contributed by atoms with van der Waals surface area (Å²) >= 11 is 0. The molecule has 2 aromatic rings. The second-order valence-electron chi connectivity index (χ2n) is 3.74. The van der Waals surface area contributed by atoms with Gasteiger partial charge in [-0.3, -0.25) is 0 Å². The Hall–Kier alpha value is -2.54. The zero-order valence-corrected chi connectivity index (χ0v) is 9.56. The maximum Gasteiger partial charge on any atom is 0.142 e. The minimum Gasteiger partial charge on any atom is -0.487 e. The molecule has 3 nitrogen and oxygen atoms in total. The van der Waals surface area contributed by atoms with Gasteiger partial charge in [0.05, 0.1) is 17.3 Å². The Kier molecular flexibility index (Phi) is 3.44. The van der Waals surface area contributed by atoms with Gasteiger partial charge in [-0.15, -0.1) is 0 Å². The molecule has 0 saturated heterocycles. The smallest absolute Gasteiger partial charge is 0.142 e. The van der Waals surface area contributed by atoms with E-state index in [2.05, 4.69) is 0 Å². The van der Waals surface area contributed by atoms with E-state index in [0.29, 0.717) is 17.0 Å². The van der Waals surface area contributed by atoms with Crippen LogP contribution in [0.1, 0.15) is 11.1 Å². The number of nitrogen functional groups attached to an aromatic ring is 1. The van der Waals surface area contributed by atoms with Crippen molar-refractivity contribution in [3.05, 3.63) is 59.4 Å². The quantitative estimate of drug-likeness (QED) is 0.842. The van der Waals surface area contributed by atoms with Gasteiger partial charge < -0.3 is 10.5 Å². The second kappa shape index (κ2) is 5.19. The zero-order chi connectivity index (χ0) is 13.0. The van der Waals surface area contributed by atoms with Crippen LogP contribution in [0.4, 0.5) is 10.1 Å². The Balaban J connectivity index is 2.12. The van der Waals surface area contributed by atoms with E-state index >= 15 is 0 Å². The first kappa shape index (κ1) is 11.9. The van der Waals surface area contributed by atoms with Crippen molar-refractivity contribution in [1.29, 1.82) is 5.26 Å². The lowest BCUT2D eigenvalue weighted by Crippen LogP contribution is -2.01. The van der Waals surface area contributed by atoms with Crippen LogP contribution in [0.5, 0.6) is 5.75 Å². The molecule has 0 amide bonds. The van der Waals surface area contributed by atoms with E-state index < -0.39 is 5.82 Å². The summed E-state index contributed by atoms with van der Waals surface area (Å²) in [4.78, 5) is 0. The summed E-state index contributed by atoms with van der Waals surface area (Å²) in [7, 11) is 0. The molecule has 2 aromatic carbocycles. The number of hydrogen-bond donors (Lipinski definition) is 1. The van der Waals surface area contributed by atoms with Crippen molar-refractivity contribution in [2.75, 3.05) is 5.73 Å². The number of ether oxygens (including phenoxy) is 1. The standard InChI is InChI=1S/C14H11FN2O/c15-12-7-10(8-16)5-6-11(12)9-18-14-4-2-1-3-13(14)17/h1-7H,9,17H2. The normalized spacial score (nSPS) is 9.78. The fraction of sp³-hybridized carbons (Fsp3) is 0.0714. The van der Waals surface area contributed by atoms with Crippen LogP contribution in [0.15, 0.2) is 42.5 Å². The summed E-state index contributed by atoms with van der Waals surface area (Å²) in [6.07, 6.45) is 0. The third kappa shape index (κ3) is 2.58. The van der Waals surface area contributed by atoms with Gasteiger partial charge in [0.15, 0.2) is 0 Å². The molecule has 4 heteroatoms. The number of nitriles is 1. The first-order valence-electron chi connectivity index (χ1n) is 5.36. The molecule has 0 heterocycles. The highest BCUT2D eigenvalue weighted by atomic mass is 19.1. The van der Waals surface area contributed by atoms with Gasteiger partial charge in [-0.1, -0.05) is 18.2 Å². The van der Waals surface area contributed by atoms with Crippen molar-refractivity contribution >= 4 is 5.69 Å². The van der Waals surface area contributed by atoms with Crippen LogP contribution in [-0.2, 0) is 6.61 Å². The van der Waals surface area contributed by atoms with Crippen LogP contribution in [0.3, 0.4) is 0 Å². The number of para-hydroxylation sites is 2. The van der Waals surface area contributed by atoms with E-state index in [9.17, 15) is 4.39 Å².